The van der Waals surface area contributed by atoms with Crippen LogP contribution in [-0.2, 0) is 0 Å². The molecule has 1 aliphatic heterocycles. The minimum atomic E-state index is 0.340. The number of anilines is 2. The molecule has 0 amide bonds. The highest BCUT2D eigenvalue weighted by Gasteiger charge is 2.27. The van der Waals surface area contributed by atoms with E-state index in [9.17, 15) is 5.26 Å². The molecule has 0 saturated carbocycles. The van der Waals surface area contributed by atoms with Crippen molar-refractivity contribution in [1.82, 2.24) is 19.5 Å². The average Bonchev–Trinajstić information content (AvgIpc) is 3.50. The molecule has 36 heavy (non-hydrogen) atoms. The summed E-state index contributed by atoms with van der Waals surface area (Å²) in [5.74, 6) is 1.98. The third-order valence-corrected chi connectivity index (χ3v) is 6.62. The lowest BCUT2D eigenvalue weighted by Gasteiger charge is -2.35. The van der Waals surface area contributed by atoms with E-state index in [1.807, 2.05) is 6.07 Å². The number of oxazole rings is 1. The van der Waals surface area contributed by atoms with Crippen LogP contribution in [0.2, 0.25) is 0 Å². The Bertz CT molecular complexity index is 1590. The number of fused-ring (bicyclic) bond motifs is 1. The topological polar surface area (TPSA) is 87.0 Å². The maximum absolute atomic E-state index is 9.43. The second kappa shape index (κ2) is 8.86. The molecule has 1 aliphatic rings. The summed E-state index contributed by atoms with van der Waals surface area (Å²) in [7, 11) is 0. The van der Waals surface area contributed by atoms with E-state index in [0.717, 1.165) is 46.8 Å². The molecule has 4 heterocycles. The first-order valence-electron chi connectivity index (χ1n) is 12.0. The number of hydrogen-bond donors (Lipinski definition) is 0. The summed E-state index contributed by atoms with van der Waals surface area (Å²) in [6, 6.07) is 21.0. The number of rotatable bonds is 4. The van der Waals surface area contributed by atoms with Gasteiger partial charge in [0.1, 0.15) is 18.2 Å². The van der Waals surface area contributed by atoms with Crippen LogP contribution < -0.4 is 9.80 Å². The van der Waals surface area contributed by atoms with Gasteiger partial charge in [0.15, 0.2) is 11.5 Å². The molecule has 178 valence electrons. The zero-order valence-electron chi connectivity index (χ0n) is 20.2. The largest absolute Gasteiger partial charge is 0.424 e. The number of nitrogens with zero attached hydrogens (tertiary/aromatic N) is 7. The summed E-state index contributed by atoms with van der Waals surface area (Å²) in [5.41, 5.74) is 5.71. The normalized spacial score (nSPS) is 13.8. The number of aryl methyl sites for hydroxylation is 2. The van der Waals surface area contributed by atoms with Gasteiger partial charge in [-0.25, -0.2) is 15.0 Å². The summed E-state index contributed by atoms with van der Waals surface area (Å²) >= 11 is 0. The Labute approximate surface area is 209 Å². The van der Waals surface area contributed by atoms with E-state index in [2.05, 4.69) is 87.1 Å². The summed E-state index contributed by atoms with van der Waals surface area (Å²) < 4.78 is 7.90. The van der Waals surface area contributed by atoms with Crippen LogP contribution in [0, 0.1) is 25.2 Å². The van der Waals surface area contributed by atoms with Gasteiger partial charge < -0.3 is 18.8 Å². The SMILES string of the molecule is Cc1cccc(-n2cc(-c3ccccc3)c3c(N4CCN(c5oc(C)nc5C#N)CC4)ncnc32)c1. The highest BCUT2D eigenvalue weighted by molar-refractivity contribution is 6.02. The maximum atomic E-state index is 9.43. The minimum Gasteiger partial charge on any atom is -0.424 e. The minimum absolute atomic E-state index is 0.340. The van der Waals surface area contributed by atoms with Gasteiger partial charge in [-0.3, -0.25) is 0 Å². The van der Waals surface area contributed by atoms with Crippen LogP contribution >= 0.6 is 0 Å². The second-order valence-electron chi connectivity index (χ2n) is 8.99. The molecule has 1 fully saturated rings. The fraction of sp³-hybridized carbons (Fsp3) is 0.214. The van der Waals surface area contributed by atoms with Crippen molar-refractivity contribution in [2.75, 3.05) is 36.0 Å². The van der Waals surface area contributed by atoms with Crippen molar-refractivity contribution < 1.29 is 4.42 Å². The van der Waals surface area contributed by atoms with E-state index in [1.165, 1.54) is 5.56 Å². The molecule has 0 radical (unpaired) electrons. The van der Waals surface area contributed by atoms with Crippen LogP contribution in [0.4, 0.5) is 11.7 Å². The van der Waals surface area contributed by atoms with Gasteiger partial charge in [-0.15, -0.1) is 0 Å². The first-order valence-corrected chi connectivity index (χ1v) is 12.0. The Morgan fingerprint density at radius 1 is 0.917 bits per heavy atom. The van der Waals surface area contributed by atoms with Gasteiger partial charge in [-0.2, -0.15) is 5.26 Å². The average molecular weight is 476 g/mol. The Kier molecular flexibility index (Phi) is 5.38. The smallest absolute Gasteiger partial charge is 0.234 e. The highest BCUT2D eigenvalue weighted by atomic mass is 16.4. The zero-order chi connectivity index (χ0) is 24.6. The maximum Gasteiger partial charge on any atom is 0.234 e. The summed E-state index contributed by atoms with van der Waals surface area (Å²) in [6.07, 6.45) is 3.82. The molecular formula is C28H25N7O. The van der Waals surface area contributed by atoms with E-state index in [4.69, 9.17) is 14.4 Å². The van der Waals surface area contributed by atoms with Gasteiger partial charge in [-0.1, -0.05) is 42.5 Å². The Balaban J connectivity index is 1.42. The molecule has 2 aromatic carbocycles. The lowest BCUT2D eigenvalue weighted by molar-refractivity contribution is 0.495. The monoisotopic (exact) mass is 475 g/mol. The third kappa shape index (κ3) is 3.75. The molecular weight excluding hydrogens is 450 g/mol. The van der Waals surface area contributed by atoms with Crippen molar-refractivity contribution in [3.05, 3.63) is 84.3 Å². The molecule has 8 nitrogen and oxygen atoms in total. The van der Waals surface area contributed by atoms with Gasteiger partial charge in [0.2, 0.25) is 11.6 Å². The van der Waals surface area contributed by atoms with Crippen molar-refractivity contribution in [3.8, 4) is 22.9 Å². The number of hydrogen-bond acceptors (Lipinski definition) is 7. The first kappa shape index (κ1) is 21.9. The fourth-order valence-electron chi connectivity index (χ4n) is 4.92. The Morgan fingerprint density at radius 3 is 2.44 bits per heavy atom. The fourth-order valence-corrected chi connectivity index (χ4v) is 4.92. The van der Waals surface area contributed by atoms with Crippen LogP contribution in [0.1, 0.15) is 17.1 Å². The van der Waals surface area contributed by atoms with Crippen molar-refractivity contribution in [2.24, 2.45) is 0 Å². The summed E-state index contributed by atoms with van der Waals surface area (Å²) in [5, 5.41) is 10.5. The molecule has 8 heteroatoms. The number of aromatic nitrogens is 4. The van der Waals surface area contributed by atoms with E-state index in [0.29, 0.717) is 30.6 Å². The van der Waals surface area contributed by atoms with Crippen LogP contribution in [0.5, 0.6) is 0 Å². The van der Waals surface area contributed by atoms with Crippen LogP contribution in [-0.4, -0.2) is 45.7 Å². The van der Waals surface area contributed by atoms with E-state index < -0.39 is 0 Å². The Morgan fingerprint density at radius 2 is 1.69 bits per heavy atom. The lowest BCUT2D eigenvalue weighted by atomic mass is 10.1. The molecule has 0 bridgehead atoms. The molecule has 3 aromatic heterocycles. The molecule has 5 aromatic rings. The van der Waals surface area contributed by atoms with Crippen LogP contribution in [0.25, 0.3) is 27.8 Å². The van der Waals surface area contributed by atoms with Crippen molar-refractivity contribution >= 4 is 22.7 Å². The van der Waals surface area contributed by atoms with E-state index >= 15 is 0 Å². The van der Waals surface area contributed by atoms with Gasteiger partial charge in [0.25, 0.3) is 0 Å². The highest BCUT2D eigenvalue weighted by Crippen LogP contribution is 2.37. The molecule has 0 N–H and O–H groups in total. The van der Waals surface area contributed by atoms with Crippen LogP contribution in [0.3, 0.4) is 0 Å². The van der Waals surface area contributed by atoms with Gasteiger partial charge in [-0.05, 0) is 30.2 Å². The molecule has 0 spiro atoms. The van der Waals surface area contributed by atoms with Crippen molar-refractivity contribution in [1.29, 1.82) is 5.26 Å². The van der Waals surface area contributed by atoms with Gasteiger partial charge in [0, 0.05) is 50.6 Å². The quantitative estimate of drug-likeness (QED) is 0.366. The molecule has 0 unspecified atom stereocenters. The third-order valence-electron chi connectivity index (χ3n) is 6.62. The number of piperazine rings is 1. The second-order valence-corrected chi connectivity index (χ2v) is 8.99. The lowest BCUT2D eigenvalue weighted by Crippen LogP contribution is -2.47. The standard InChI is InChI=1S/C28H25N7O/c1-19-7-6-10-22(15-19)35-17-23(21-8-4-3-5-9-21)25-26(30-18-31-27(25)35)33-11-13-34(14-12-33)28-24(16-29)32-20(2)36-28/h3-10,15,17-18H,11-14H2,1-2H3. The molecule has 6 rings (SSSR count). The number of benzene rings is 2. The summed E-state index contributed by atoms with van der Waals surface area (Å²) in [4.78, 5) is 18.1. The predicted octanol–water partition coefficient (Wildman–Crippen LogP) is 4.89. The van der Waals surface area contributed by atoms with Crippen molar-refractivity contribution in [3.63, 3.8) is 0 Å². The molecule has 1 saturated heterocycles. The first-order chi connectivity index (χ1) is 17.6. The van der Waals surface area contributed by atoms with Crippen molar-refractivity contribution in [2.45, 2.75) is 13.8 Å². The predicted molar refractivity (Wildman–Crippen MR) is 139 cm³/mol. The summed E-state index contributed by atoms with van der Waals surface area (Å²) in [6.45, 7) is 6.74. The van der Waals surface area contributed by atoms with E-state index in [1.54, 1.807) is 13.3 Å². The van der Waals surface area contributed by atoms with E-state index in [-0.39, 0.29) is 0 Å². The number of nitriles is 1. The molecule has 0 aliphatic carbocycles. The zero-order valence-corrected chi connectivity index (χ0v) is 20.2. The Hall–Kier alpha value is -4.64. The molecule has 0 atom stereocenters. The van der Waals surface area contributed by atoms with Gasteiger partial charge >= 0.3 is 0 Å². The van der Waals surface area contributed by atoms with Crippen LogP contribution in [0.15, 0.2) is 71.5 Å². The van der Waals surface area contributed by atoms with Gasteiger partial charge in [0.05, 0.1) is 5.39 Å².